The first-order valence-electron chi connectivity index (χ1n) is 4.24. The third kappa shape index (κ3) is 2.98. The van der Waals surface area contributed by atoms with E-state index in [1.54, 1.807) is 6.08 Å². The van der Waals surface area contributed by atoms with E-state index in [-0.39, 0.29) is 12.5 Å². The molecule has 0 heterocycles. The molecule has 1 rings (SSSR count). The van der Waals surface area contributed by atoms with Gasteiger partial charge >= 0.3 is 0 Å². The van der Waals surface area contributed by atoms with Gasteiger partial charge in [0, 0.05) is 17.0 Å². The van der Waals surface area contributed by atoms with Gasteiger partial charge in [-0.1, -0.05) is 40.2 Å². The summed E-state index contributed by atoms with van der Waals surface area (Å²) in [6.07, 6.45) is 2.63. The first kappa shape index (κ1) is 10.5. The van der Waals surface area contributed by atoms with Crippen LogP contribution in [0.15, 0.2) is 41.4 Å². The zero-order chi connectivity index (χ0) is 9.68. The smallest absolute Gasteiger partial charge is 0.0496 e. The van der Waals surface area contributed by atoms with Crippen LogP contribution < -0.4 is 0 Å². The van der Waals surface area contributed by atoms with Crippen LogP contribution in [0.5, 0.6) is 0 Å². The van der Waals surface area contributed by atoms with Gasteiger partial charge in [0.2, 0.25) is 0 Å². The summed E-state index contributed by atoms with van der Waals surface area (Å²) in [5, 5.41) is 8.99. The molecule has 0 aromatic heterocycles. The maximum Gasteiger partial charge on any atom is 0.0496 e. The lowest BCUT2D eigenvalue weighted by atomic mass is 10.0. The van der Waals surface area contributed by atoms with Gasteiger partial charge in [-0.25, -0.2) is 0 Å². The van der Waals surface area contributed by atoms with Crippen molar-refractivity contribution >= 4 is 15.9 Å². The molecule has 13 heavy (non-hydrogen) atoms. The number of aliphatic hydroxyl groups excluding tert-OH is 1. The Morgan fingerprint density at radius 2 is 2.15 bits per heavy atom. The summed E-state index contributed by atoms with van der Waals surface area (Å²) in [5.74, 6) is 0.152. The van der Waals surface area contributed by atoms with E-state index in [0.717, 1.165) is 10.9 Å². The number of benzene rings is 1. The Morgan fingerprint density at radius 1 is 1.46 bits per heavy atom. The fourth-order valence-corrected chi connectivity index (χ4v) is 1.62. The Balaban J connectivity index is 2.73. The summed E-state index contributed by atoms with van der Waals surface area (Å²) < 4.78 is 1.09. The van der Waals surface area contributed by atoms with Crippen molar-refractivity contribution in [2.45, 2.75) is 6.42 Å². The normalized spacial score (nSPS) is 12.5. The van der Waals surface area contributed by atoms with E-state index in [9.17, 15) is 0 Å². The van der Waals surface area contributed by atoms with Gasteiger partial charge in [-0.15, -0.1) is 6.58 Å². The predicted octanol–water partition coefficient (Wildman–Crippen LogP) is 2.79. The number of rotatable bonds is 4. The molecule has 1 aromatic rings. The van der Waals surface area contributed by atoms with Crippen molar-refractivity contribution in [3.63, 3.8) is 0 Å². The molecule has 1 unspecified atom stereocenters. The van der Waals surface area contributed by atoms with Crippen molar-refractivity contribution in [1.29, 1.82) is 0 Å². The summed E-state index contributed by atoms with van der Waals surface area (Å²) in [6.45, 7) is 3.84. The second-order valence-electron chi connectivity index (χ2n) is 2.97. The highest BCUT2D eigenvalue weighted by atomic mass is 79.9. The lowest BCUT2D eigenvalue weighted by Crippen LogP contribution is -2.06. The first-order valence-corrected chi connectivity index (χ1v) is 5.04. The minimum absolute atomic E-state index is 0.152. The highest BCUT2D eigenvalue weighted by Crippen LogP contribution is 2.19. The van der Waals surface area contributed by atoms with Crippen molar-refractivity contribution in [2.75, 3.05) is 6.61 Å². The van der Waals surface area contributed by atoms with E-state index in [0.29, 0.717) is 0 Å². The van der Waals surface area contributed by atoms with E-state index in [4.69, 9.17) is 5.11 Å². The Hall–Kier alpha value is -0.600. The van der Waals surface area contributed by atoms with Crippen LogP contribution in [0.4, 0.5) is 0 Å². The van der Waals surface area contributed by atoms with Crippen molar-refractivity contribution < 1.29 is 5.11 Å². The summed E-state index contributed by atoms with van der Waals surface area (Å²) in [4.78, 5) is 0. The Morgan fingerprint density at radius 3 is 2.69 bits per heavy atom. The Bertz CT molecular complexity index is 283. The molecule has 0 radical (unpaired) electrons. The van der Waals surface area contributed by atoms with E-state index in [1.165, 1.54) is 5.56 Å². The van der Waals surface area contributed by atoms with Crippen LogP contribution in [0.25, 0.3) is 0 Å². The molecule has 1 aromatic carbocycles. The molecule has 1 N–H and O–H groups in total. The summed E-state index contributed by atoms with van der Waals surface area (Å²) in [6, 6.07) is 8.04. The van der Waals surface area contributed by atoms with E-state index < -0.39 is 0 Å². The SMILES string of the molecule is C=CC(CO)Cc1ccccc1Br. The molecule has 0 fully saturated rings. The molecule has 0 amide bonds. The van der Waals surface area contributed by atoms with Gasteiger partial charge in [0.15, 0.2) is 0 Å². The molecule has 1 atom stereocenters. The maximum atomic E-state index is 8.99. The molecular weight excluding hydrogens is 228 g/mol. The van der Waals surface area contributed by atoms with Gasteiger partial charge in [0.05, 0.1) is 0 Å². The molecule has 0 spiro atoms. The van der Waals surface area contributed by atoms with E-state index in [2.05, 4.69) is 28.6 Å². The van der Waals surface area contributed by atoms with Gasteiger partial charge in [0.25, 0.3) is 0 Å². The third-order valence-corrected chi connectivity index (χ3v) is 2.78. The average Bonchev–Trinajstić information content (AvgIpc) is 2.17. The van der Waals surface area contributed by atoms with Crippen LogP contribution in [-0.2, 0) is 6.42 Å². The van der Waals surface area contributed by atoms with Gasteiger partial charge in [-0.2, -0.15) is 0 Å². The third-order valence-electron chi connectivity index (χ3n) is 2.01. The molecule has 0 bridgehead atoms. The molecular formula is C11H13BrO. The van der Waals surface area contributed by atoms with Crippen LogP contribution >= 0.6 is 15.9 Å². The monoisotopic (exact) mass is 240 g/mol. The minimum Gasteiger partial charge on any atom is -0.396 e. The van der Waals surface area contributed by atoms with Crippen LogP contribution in [0.1, 0.15) is 5.56 Å². The van der Waals surface area contributed by atoms with Crippen LogP contribution in [0.3, 0.4) is 0 Å². The molecule has 70 valence electrons. The van der Waals surface area contributed by atoms with Crippen molar-refractivity contribution in [2.24, 2.45) is 5.92 Å². The predicted molar refractivity (Wildman–Crippen MR) is 58.6 cm³/mol. The van der Waals surface area contributed by atoms with Crippen molar-refractivity contribution in [3.8, 4) is 0 Å². The fraction of sp³-hybridized carbons (Fsp3) is 0.273. The quantitative estimate of drug-likeness (QED) is 0.803. The second kappa shape index (κ2) is 5.20. The minimum atomic E-state index is 0.152. The largest absolute Gasteiger partial charge is 0.396 e. The topological polar surface area (TPSA) is 20.2 Å². The molecule has 1 nitrogen and oxygen atoms in total. The summed E-state index contributed by atoms with van der Waals surface area (Å²) in [7, 11) is 0. The van der Waals surface area contributed by atoms with Crippen LogP contribution in [0, 0.1) is 5.92 Å². The lowest BCUT2D eigenvalue weighted by molar-refractivity contribution is 0.252. The maximum absolute atomic E-state index is 8.99. The molecule has 0 saturated heterocycles. The summed E-state index contributed by atoms with van der Waals surface area (Å²) in [5.41, 5.74) is 1.21. The number of halogens is 1. The van der Waals surface area contributed by atoms with E-state index >= 15 is 0 Å². The molecule has 0 aliphatic carbocycles. The Kier molecular flexibility index (Phi) is 4.19. The molecule has 2 heteroatoms. The highest BCUT2D eigenvalue weighted by molar-refractivity contribution is 9.10. The zero-order valence-corrected chi connectivity index (χ0v) is 9.00. The standard InChI is InChI=1S/C11H13BrO/c1-2-9(8-13)7-10-5-3-4-6-11(10)12/h2-6,9,13H,1,7-8H2. The number of hydrogen-bond donors (Lipinski definition) is 1. The molecule has 0 aliphatic rings. The van der Waals surface area contributed by atoms with Crippen LogP contribution in [-0.4, -0.2) is 11.7 Å². The highest BCUT2D eigenvalue weighted by Gasteiger charge is 2.05. The molecule has 0 aliphatic heterocycles. The second-order valence-corrected chi connectivity index (χ2v) is 3.83. The first-order chi connectivity index (χ1) is 6.27. The van der Waals surface area contributed by atoms with E-state index in [1.807, 2.05) is 18.2 Å². The van der Waals surface area contributed by atoms with Gasteiger partial charge in [-0.05, 0) is 18.1 Å². The molecule has 0 saturated carbocycles. The lowest BCUT2D eigenvalue weighted by Gasteiger charge is -2.09. The number of hydrogen-bond acceptors (Lipinski definition) is 1. The van der Waals surface area contributed by atoms with Gasteiger partial charge in [-0.3, -0.25) is 0 Å². The fourth-order valence-electron chi connectivity index (χ4n) is 1.17. The Labute approximate surface area is 87.2 Å². The van der Waals surface area contributed by atoms with Crippen molar-refractivity contribution in [3.05, 3.63) is 47.0 Å². The van der Waals surface area contributed by atoms with Gasteiger partial charge < -0.3 is 5.11 Å². The van der Waals surface area contributed by atoms with Crippen molar-refractivity contribution in [1.82, 2.24) is 0 Å². The zero-order valence-electron chi connectivity index (χ0n) is 7.41. The summed E-state index contributed by atoms with van der Waals surface area (Å²) >= 11 is 3.47. The number of aliphatic hydroxyl groups is 1. The average molecular weight is 241 g/mol. The van der Waals surface area contributed by atoms with Gasteiger partial charge in [0.1, 0.15) is 0 Å². The van der Waals surface area contributed by atoms with Crippen LogP contribution in [0.2, 0.25) is 0 Å².